The van der Waals surface area contributed by atoms with Gasteiger partial charge in [-0.3, -0.25) is 4.90 Å². The Bertz CT molecular complexity index is 816. The molecule has 0 bridgehead atoms. The van der Waals surface area contributed by atoms with Crippen LogP contribution in [-0.2, 0) is 6.54 Å². The number of nitrogens with zero attached hydrogens (tertiary/aromatic N) is 3. The molecular weight excluding hydrogens is 316 g/mol. The summed E-state index contributed by atoms with van der Waals surface area (Å²) in [6.07, 6.45) is 0. The van der Waals surface area contributed by atoms with Crippen LogP contribution in [0.2, 0.25) is 0 Å². The Morgan fingerprint density at radius 1 is 0.917 bits per heavy atom. The molecular formula is C19H20N4S. The van der Waals surface area contributed by atoms with Crippen molar-refractivity contribution < 1.29 is 0 Å². The predicted octanol–water partition coefficient (Wildman–Crippen LogP) is 3.92. The summed E-state index contributed by atoms with van der Waals surface area (Å²) >= 11 is 2.02. The molecule has 2 heterocycles. The lowest BCUT2D eigenvalue weighted by Crippen LogP contribution is -2.32. The van der Waals surface area contributed by atoms with Crippen LogP contribution < -0.4 is 5.32 Å². The average Bonchev–Trinajstić information content (AvgIpc) is 2.63. The largest absolute Gasteiger partial charge is 0.340 e. The highest BCUT2D eigenvalue weighted by Gasteiger charge is 2.14. The first kappa shape index (κ1) is 15.4. The fourth-order valence-corrected chi connectivity index (χ4v) is 3.89. The van der Waals surface area contributed by atoms with E-state index in [-0.39, 0.29) is 0 Å². The maximum absolute atomic E-state index is 4.82. The molecule has 0 atom stereocenters. The monoisotopic (exact) mass is 336 g/mol. The van der Waals surface area contributed by atoms with Gasteiger partial charge in [-0.05, 0) is 24.3 Å². The van der Waals surface area contributed by atoms with Crippen LogP contribution >= 0.6 is 11.8 Å². The molecule has 4 nitrogen and oxygen atoms in total. The third-order valence-corrected chi connectivity index (χ3v) is 5.10. The normalized spacial score (nSPS) is 15.5. The minimum Gasteiger partial charge on any atom is -0.340 e. The number of thioether (sulfide) groups is 1. The third-order valence-electron chi connectivity index (χ3n) is 4.15. The second kappa shape index (κ2) is 7.20. The molecule has 1 N–H and O–H groups in total. The van der Waals surface area contributed by atoms with Gasteiger partial charge < -0.3 is 5.32 Å². The van der Waals surface area contributed by atoms with Gasteiger partial charge in [-0.15, -0.1) is 0 Å². The van der Waals surface area contributed by atoms with E-state index in [1.54, 1.807) is 0 Å². The number of nitrogens with one attached hydrogen (secondary N) is 1. The van der Waals surface area contributed by atoms with Crippen molar-refractivity contribution in [2.24, 2.45) is 0 Å². The molecule has 0 spiro atoms. The lowest BCUT2D eigenvalue weighted by Gasteiger charge is -2.25. The van der Waals surface area contributed by atoms with E-state index in [2.05, 4.69) is 34.5 Å². The van der Waals surface area contributed by atoms with E-state index in [9.17, 15) is 0 Å². The van der Waals surface area contributed by atoms with Crippen molar-refractivity contribution in [1.82, 2.24) is 14.9 Å². The van der Waals surface area contributed by atoms with Crippen LogP contribution in [0.1, 0.15) is 5.82 Å². The smallest absolute Gasteiger partial charge is 0.145 e. The van der Waals surface area contributed by atoms with Gasteiger partial charge in [0, 0.05) is 35.7 Å². The van der Waals surface area contributed by atoms with Gasteiger partial charge in [-0.25, -0.2) is 9.97 Å². The van der Waals surface area contributed by atoms with E-state index in [0.29, 0.717) is 0 Å². The van der Waals surface area contributed by atoms with Gasteiger partial charge in [-0.2, -0.15) is 11.8 Å². The molecule has 0 radical (unpaired) electrons. The first-order chi connectivity index (χ1) is 11.9. The summed E-state index contributed by atoms with van der Waals surface area (Å²) in [5.41, 5.74) is 2.04. The highest BCUT2D eigenvalue weighted by Crippen LogP contribution is 2.24. The van der Waals surface area contributed by atoms with E-state index >= 15 is 0 Å². The standard InChI is InChI=1S/C19H20N4S/c1-2-6-15(7-3-1)20-19-16-8-4-5-9-17(16)21-18(22-19)14-23-10-12-24-13-11-23/h1-9H,10-14H2,(H,20,21,22). The number of fused-ring (bicyclic) bond motifs is 1. The van der Waals surface area contributed by atoms with Crippen molar-refractivity contribution in [2.45, 2.75) is 6.54 Å². The second-order valence-electron chi connectivity index (χ2n) is 5.89. The quantitative estimate of drug-likeness (QED) is 0.782. The lowest BCUT2D eigenvalue weighted by atomic mass is 10.2. The highest BCUT2D eigenvalue weighted by molar-refractivity contribution is 7.99. The Balaban J connectivity index is 1.67. The van der Waals surface area contributed by atoms with Crippen LogP contribution in [0.25, 0.3) is 10.9 Å². The fraction of sp³-hybridized carbons (Fsp3) is 0.263. The Labute approximate surface area is 146 Å². The average molecular weight is 336 g/mol. The zero-order valence-electron chi connectivity index (χ0n) is 13.5. The molecule has 0 unspecified atom stereocenters. The second-order valence-corrected chi connectivity index (χ2v) is 7.11. The van der Waals surface area contributed by atoms with Crippen molar-refractivity contribution in [3.8, 4) is 0 Å². The van der Waals surface area contributed by atoms with E-state index in [4.69, 9.17) is 9.97 Å². The molecule has 122 valence electrons. The molecule has 1 aliphatic heterocycles. The van der Waals surface area contributed by atoms with Gasteiger partial charge in [0.2, 0.25) is 0 Å². The third kappa shape index (κ3) is 3.52. The summed E-state index contributed by atoms with van der Waals surface area (Å²) in [4.78, 5) is 12.0. The van der Waals surface area contributed by atoms with Crippen molar-refractivity contribution >= 4 is 34.2 Å². The van der Waals surface area contributed by atoms with Crippen molar-refractivity contribution in [3.05, 3.63) is 60.4 Å². The topological polar surface area (TPSA) is 41.1 Å². The van der Waals surface area contributed by atoms with Gasteiger partial charge in [0.1, 0.15) is 11.6 Å². The van der Waals surface area contributed by atoms with Crippen molar-refractivity contribution in [2.75, 3.05) is 29.9 Å². The summed E-state index contributed by atoms with van der Waals surface area (Å²) in [6, 6.07) is 18.4. The number of anilines is 2. The van der Waals surface area contributed by atoms with Crippen LogP contribution in [0.3, 0.4) is 0 Å². The number of para-hydroxylation sites is 2. The van der Waals surface area contributed by atoms with Gasteiger partial charge >= 0.3 is 0 Å². The molecule has 1 aliphatic rings. The first-order valence-electron chi connectivity index (χ1n) is 8.26. The summed E-state index contributed by atoms with van der Waals surface area (Å²) in [6.45, 7) is 3.04. The van der Waals surface area contributed by atoms with E-state index in [1.165, 1.54) is 11.5 Å². The molecule has 1 aromatic heterocycles. The van der Waals surface area contributed by atoms with Gasteiger partial charge in [0.05, 0.1) is 12.1 Å². The van der Waals surface area contributed by atoms with E-state index in [1.807, 2.05) is 42.1 Å². The maximum Gasteiger partial charge on any atom is 0.145 e. The Morgan fingerprint density at radius 3 is 2.50 bits per heavy atom. The summed E-state index contributed by atoms with van der Waals surface area (Å²) in [7, 11) is 0. The number of benzene rings is 2. The van der Waals surface area contributed by atoms with Crippen LogP contribution in [0, 0.1) is 0 Å². The molecule has 1 saturated heterocycles. The Kier molecular flexibility index (Phi) is 4.62. The molecule has 0 aliphatic carbocycles. The molecule has 1 fully saturated rings. The highest BCUT2D eigenvalue weighted by atomic mass is 32.2. The first-order valence-corrected chi connectivity index (χ1v) is 9.42. The SMILES string of the molecule is c1ccc(Nc2nc(CN3CCSCC3)nc3ccccc23)cc1. The predicted molar refractivity (Wildman–Crippen MR) is 102 cm³/mol. The van der Waals surface area contributed by atoms with Gasteiger partial charge in [0.15, 0.2) is 0 Å². The minimum atomic E-state index is 0.814. The summed E-state index contributed by atoms with van der Waals surface area (Å²) in [5.74, 6) is 4.16. The molecule has 3 aromatic rings. The molecule has 2 aromatic carbocycles. The Hall–Kier alpha value is -2.11. The molecule has 24 heavy (non-hydrogen) atoms. The number of aromatic nitrogens is 2. The summed E-state index contributed by atoms with van der Waals surface area (Å²) < 4.78 is 0. The Morgan fingerprint density at radius 2 is 1.67 bits per heavy atom. The number of hydrogen-bond donors (Lipinski definition) is 1. The molecule has 0 saturated carbocycles. The summed E-state index contributed by atoms with van der Waals surface area (Å²) in [5, 5.41) is 4.51. The van der Waals surface area contributed by atoms with Crippen molar-refractivity contribution in [3.63, 3.8) is 0 Å². The van der Waals surface area contributed by atoms with E-state index in [0.717, 1.165) is 47.9 Å². The van der Waals surface area contributed by atoms with Crippen LogP contribution in [0.5, 0.6) is 0 Å². The maximum atomic E-state index is 4.82. The number of rotatable bonds is 4. The van der Waals surface area contributed by atoms with Crippen molar-refractivity contribution in [1.29, 1.82) is 0 Å². The fourth-order valence-electron chi connectivity index (χ4n) is 2.91. The zero-order valence-corrected chi connectivity index (χ0v) is 14.3. The zero-order chi connectivity index (χ0) is 16.2. The molecule has 0 amide bonds. The molecule has 5 heteroatoms. The molecule has 4 rings (SSSR count). The van der Waals surface area contributed by atoms with E-state index < -0.39 is 0 Å². The van der Waals surface area contributed by atoms with Gasteiger partial charge in [0.25, 0.3) is 0 Å². The van der Waals surface area contributed by atoms with Crippen LogP contribution in [0.4, 0.5) is 11.5 Å². The number of hydrogen-bond acceptors (Lipinski definition) is 5. The van der Waals surface area contributed by atoms with Crippen LogP contribution in [0.15, 0.2) is 54.6 Å². The minimum absolute atomic E-state index is 0.814. The van der Waals surface area contributed by atoms with Crippen LogP contribution in [-0.4, -0.2) is 39.5 Å². The van der Waals surface area contributed by atoms with Gasteiger partial charge in [-0.1, -0.05) is 30.3 Å². The lowest BCUT2D eigenvalue weighted by molar-refractivity contribution is 0.287.